The minimum absolute atomic E-state index is 0.288. The van der Waals surface area contributed by atoms with Gasteiger partial charge in [-0.25, -0.2) is 4.79 Å². The first-order valence-electron chi connectivity index (χ1n) is 4.67. The Kier molecular flexibility index (Phi) is 3.54. The number of nitrogens with one attached hydrogen (secondary N) is 1. The van der Waals surface area contributed by atoms with Crippen LogP contribution in [0.25, 0.3) is 0 Å². The molecule has 0 atom stereocenters. The summed E-state index contributed by atoms with van der Waals surface area (Å²) in [4.78, 5) is 22.4. The van der Waals surface area contributed by atoms with E-state index in [1.807, 2.05) is 0 Å². The van der Waals surface area contributed by atoms with Gasteiger partial charge in [0, 0.05) is 0 Å². The zero-order valence-corrected chi connectivity index (χ0v) is 10.2. The van der Waals surface area contributed by atoms with E-state index >= 15 is 0 Å². The first-order valence-corrected chi connectivity index (χ1v) is 5.55. The highest BCUT2D eigenvalue weighted by Gasteiger charge is 2.18. The predicted octanol–water partition coefficient (Wildman–Crippen LogP) is 2.19. The van der Waals surface area contributed by atoms with Crippen molar-refractivity contribution in [3.05, 3.63) is 17.0 Å². The van der Waals surface area contributed by atoms with Crippen molar-refractivity contribution in [2.45, 2.75) is 26.4 Å². The van der Waals surface area contributed by atoms with Gasteiger partial charge in [0.25, 0.3) is 5.91 Å². The molecule has 0 saturated heterocycles. The normalized spacial score (nSPS) is 10.9. The molecule has 3 N–H and O–H groups in total. The van der Waals surface area contributed by atoms with E-state index in [1.165, 1.54) is 11.3 Å². The zero-order valence-electron chi connectivity index (χ0n) is 9.37. The third kappa shape index (κ3) is 3.54. The van der Waals surface area contributed by atoms with E-state index < -0.39 is 17.6 Å². The Bertz CT molecular complexity index is 406. The van der Waals surface area contributed by atoms with Crippen molar-refractivity contribution in [1.82, 2.24) is 0 Å². The Morgan fingerprint density at radius 3 is 2.56 bits per heavy atom. The predicted molar refractivity (Wildman–Crippen MR) is 62.7 cm³/mol. The van der Waals surface area contributed by atoms with Gasteiger partial charge in [-0.05, 0) is 32.2 Å². The molecule has 0 fully saturated rings. The lowest BCUT2D eigenvalue weighted by Crippen LogP contribution is -2.27. The molecule has 0 saturated carbocycles. The number of carbonyl (C=O) groups excluding carboxylic acids is 2. The maximum Gasteiger partial charge on any atom is 0.412 e. The molecule has 0 radical (unpaired) electrons. The lowest BCUT2D eigenvalue weighted by atomic mass is 10.2. The molecule has 0 bridgehead atoms. The van der Waals surface area contributed by atoms with Gasteiger partial charge in [-0.2, -0.15) is 0 Å². The first-order chi connectivity index (χ1) is 7.29. The molecule has 1 aromatic heterocycles. The summed E-state index contributed by atoms with van der Waals surface area (Å²) in [6, 6.07) is 1.56. The summed E-state index contributed by atoms with van der Waals surface area (Å²) in [7, 11) is 0. The molecule has 0 aliphatic rings. The molecule has 6 heteroatoms. The quantitative estimate of drug-likeness (QED) is 0.834. The van der Waals surface area contributed by atoms with E-state index in [9.17, 15) is 9.59 Å². The van der Waals surface area contributed by atoms with Crippen LogP contribution >= 0.6 is 11.3 Å². The molecule has 0 aliphatic carbocycles. The van der Waals surface area contributed by atoms with Crippen LogP contribution in [0.15, 0.2) is 11.4 Å². The molecular weight excluding hydrogens is 228 g/mol. The Balaban J connectivity index is 2.70. The molecule has 2 amide bonds. The smallest absolute Gasteiger partial charge is 0.412 e. The minimum atomic E-state index is -0.600. The standard InChI is InChI=1S/C10H14N2O3S/c1-10(2,3)15-9(14)12-8-6(7(11)13)4-5-16-8/h4-5H,1-3H3,(H2,11,13)(H,12,14). The molecule has 0 spiro atoms. The highest BCUT2D eigenvalue weighted by atomic mass is 32.1. The molecule has 0 unspecified atom stereocenters. The molecule has 0 aliphatic heterocycles. The number of amides is 2. The van der Waals surface area contributed by atoms with Crippen molar-refractivity contribution in [2.24, 2.45) is 5.73 Å². The van der Waals surface area contributed by atoms with Crippen LogP contribution in [-0.4, -0.2) is 17.6 Å². The topological polar surface area (TPSA) is 81.4 Å². The summed E-state index contributed by atoms with van der Waals surface area (Å²) >= 11 is 1.22. The second kappa shape index (κ2) is 4.52. The van der Waals surface area contributed by atoms with Crippen LogP contribution in [0.1, 0.15) is 31.1 Å². The number of thiophene rings is 1. The first kappa shape index (κ1) is 12.5. The van der Waals surface area contributed by atoms with Crippen LogP contribution < -0.4 is 11.1 Å². The van der Waals surface area contributed by atoms with Crippen LogP contribution in [0.5, 0.6) is 0 Å². The van der Waals surface area contributed by atoms with Gasteiger partial charge in [-0.15, -0.1) is 11.3 Å². The lowest BCUT2D eigenvalue weighted by Gasteiger charge is -2.19. The van der Waals surface area contributed by atoms with Crippen molar-refractivity contribution < 1.29 is 14.3 Å². The van der Waals surface area contributed by atoms with Gasteiger partial charge in [0.05, 0.1) is 5.56 Å². The van der Waals surface area contributed by atoms with Crippen LogP contribution in [-0.2, 0) is 4.74 Å². The maximum atomic E-state index is 11.4. The third-order valence-electron chi connectivity index (χ3n) is 1.55. The average Bonchev–Trinajstić information content (AvgIpc) is 2.47. The van der Waals surface area contributed by atoms with Crippen LogP contribution in [0.3, 0.4) is 0 Å². The number of primary amides is 1. The number of ether oxygens (including phenoxy) is 1. The number of rotatable bonds is 2. The van der Waals surface area contributed by atoms with Gasteiger partial charge < -0.3 is 10.5 Å². The van der Waals surface area contributed by atoms with Gasteiger partial charge in [0.2, 0.25) is 0 Å². The van der Waals surface area contributed by atoms with Crippen molar-refractivity contribution in [3.63, 3.8) is 0 Å². The fourth-order valence-electron chi connectivity index (χ4n) is 0.996. The summed E-state index contributed by atoms with van der Waals surface area (Å²) < 4.78 is 5.05. The fraction of sp³-hybridized carbons (Fsp3) is 0.400. The number of hydrogen-bond donors (Lipinski definition) is 2. The van der Waals surface area contributed by atoms with Crippen molar-refractivity contribution in [1.29, 1.82) is 0 Å². The Morgan fingerprint density at radius 2 is 2.06 bits per heavy atom. The SMILES string of the molecule is CC(C)(C)OC(=O)Nc1sccc1C(N)=O. The van der Waals surface area contributed by atoms with E-state index in [-0.39, 0.29) is 5.56 Å². The van der Waals surface area contributed by atoms with Crippen molar-refractivity contribution in [3.8, 4) is 0 Å². The Morgan fingerprint density at radius 1 is 1.44 bits per heavy atom. The van der Waals surface area contributed by atoms with E-state index in [1.54, 1.807) is 32.2 Å². The minimum Gasteiger partial charge on any atom is -0.444 e. The average molecular weight is 242 g/mol. The maximum absolute atomic E-state index is 11.4. The van der Waals surface area contributed by atoms with E-state index in [2.05, 4.69) is 5.32 Å². The number of nitrogens with two attached hydrogens (primary N) is 1. The summed E-state index contributed by atoms with van der Waals surface area (Å²) in [5, 5.41) is 4.56. The third-order valence-corrected chi connectivity index (χ3v) is 2.38. The molecule has 88 valence electrons. The van der Waals surface area contributed by atoms with Gasteiger partial charge in [0.15, 0.2) is 0 Å². The van der Waals surface area contributed by atoms with Crippen molar-refractivity contribution in [2.75, 3.05) is 5.32 Å². The molecule has 1 heterocycles. The van der Waals surface area contributed by atoms with E-state index in [0.29, 0.717) is 5.00 Å². The van der Waals surface area contributed by atoms with Crippen LogP contribution in [0.2, 0.25) is 0 Å². The molecule has 1 aromatic rings. The largest absolute Gasteiger partial charge is 0.444 e. The monoisotopic (exact) mass is 242 g/mol. The summed E-state index contributed by atoms with van der Waals surface area (Å²) in [6.45, 7) is 5.28. The van der Waals surface area contributed by atoms with E-state index in [4.69, 9.17) is 10.5 Å². The van der Waals surface area contributed by atoms with Gasteiger partial charge in [-0.3, -0.25) is 10.1 Å². The second-order valence-electron chi connectivity index (χ2n) is 4.15. The highest BCUT2D eigenvalue weighted by Crippen LogP contribution is 2.23. The van der Waals surface area contributed by atoms with Crippen LogP contribution in [0.4, 0.5) is 9.80 Å². The number of carbonyl (C=O) groups is 2. The van der Waals surface area contributed by atoms with Gasteiger partial charge in [-0.1, -0.05) is 0 Å². The molecule has 1 rings (SSSR count). The summed E-state index contributed by atoms with van der Waals surface area (Å²) in [6.07, 6.45) is -0.600. The molecule has 16 heavy (non-hydrogen) atoms. The zero-order chi connectivity index (χ0) is 12.3. The second-order valence-corrected chi connectivity index (χ2v) is 5.07. The summed E-state index contributed by atoms with van der Waals surface area (Å²) in [5.74, 6) is -0.577. The highest BCUT2D eigenvalue weighted by molar-refractivity contribution is 7.14. The lowest BCUT2D eigenvalue weighted by molar-refractivity contribution is 0.0636. The van der Waals surface area contributed by atoms with Gasteiger partial charge in [0.1, 0.15) is 10.6 Å². The number of hydrogen-bond acceptors (Lipinski definition) is 4. The Hall–Kier alpha value is -1.56. The molecule has 5 nitrogen and oxygen atoms in total. The van der Waals surface area contributed by atoms with Gasteiger partial charge >= 0.3 is 6.09 Å². The molecular formula is C10H14N2O3S. The van der Waals surface area contributed by atoms with Crippen LogP contribution in [0, 0.1) is 0 Å². The number of anilines is 1. The Labute approximate surface area is 97.6 Å². The van der Waals surface area contributed by atoms with Crippen molar-refractivity contribution >= 4 is 28.3 Å². The summed E-state index contributed by atoms with van der Waals surface area (Å²) in [5.41, 5.74) is 4.85. The van der Waals surface area contributed by atoms with E-state index in [0.717, 1.165) is 0 Å². The fourth-order valence-corrected chi connectivity index (χ4v) is 1.77. The molecule has 0 aromatic carbocycles.